The van der Waals surface area contributed by atoms with E-state index in [0.717, 1.165) is 18.2 Å². The molecule has 0 radical (unpaired) electrons. The standard InChI is InChI=1S/C10H5BrF3NO/c11-8-5-6(9(16)3-4-15)1-2-7(8)10(12,13)14/h1-2,5H,3H2. The Morgan fingerprint density at radius 2 is 2.06 bits per heavy atom. The molecule has 16 heavy (non-hydrogen) atoms. The number of carbonyl (C=O) groups is 1. The summed E-state index contributed by atoms with van der Waals surface area (Å²) >= 11 is 2.75. The quantitative estimate of drug-likeness (QED) is 0.782. The molecule has 1 rings (SSSR count). The number of nitrogens with zero attached hydrogens (tertiary/aromatic N) is 1. The van der Waals surface area contributed by atoms with Gasteiger partial charge >= 0.3 is 6.18 Å². The molecule has 0 N–H and O–H groups in total. The van der Waals surface area contributed by atoms with Gasteiger partial charge in [-0.3, -0.25) is 4.79 Å². The second-order valence-electron chi connectivity index (χ2n) is 2.95. The number of halogens is 4. The van der Waals surface area contributed by atoms with Crippen LogP contribution in [-0.4, -0.2) is 5.78 Å². The van der Waals surface area contributed by atoms with E-state index >= 15 is 0 Å². The highest BCUT2D eigenvalue weighted by molar-refractivity contribution is 9.10. The fraction of sp³-hybridized carbons (Fsp3) is 0.200. The summed E-state index contributed by atoms with van der Waals surface area (Å²) < 4.78 is 36.9. The summed E-state index contributed by atoms with van der Waals surface area (Å²) in [5, 5.41) is 8.29. The SMILES string of the molecule is N#CCC(=O)c1ccc(C(F)(F)F)c(Br)c1. The molecular weight excluding hydrogens is 287 g/mol. The summed E-state index contributed by atoms with van der Waals surface area (Å²) in [5.74, 6) is -0.503. The predicted octanol–water partition coefficient (Wildman–Crippen LogP) is 3.56. The van der Waals surface area contributed by atoms with Crippen LogP contribution in [0.25, 0.3) is 0 Å². The Bertz CT molecular complexity index is 462. The summed E-state index contributed by atoms with van der Waals surface area (Å²) in [7, 11) is 0. The number of nitriles is 1. The lowest BCUT2D eigenvalue weighted by Gasteiger charge is -2.09. The van der Waals surface area contributed by atoms with Crippen LogP contribution in [0, 0.1) is 11.3 Å². The summed E-state index contributed by atoms with van der Waals surface area (Å²) in [6, 6.07) is 4.59. The van der Waals surface area contributed by atoms with Crippen molar-refractivity contribution in [3.63, 3.8) is 0 Å². The molecule has 0 spiro atoms. The Hall–Kier alpha value is -1.35. The maximum atomic E-state index is 12.4. The van der Waals surface area contributed by atoms with Gasteiger partial charge in [0.2, 0.25) is 0 Å². The highest BCUT2D eigenvalue weighted by Crippen LogP contribution is 2.35. The average molecular weight is 292 g/mol. The molecule has 0 saturated heterocycles. The predicted molar refractivity (Wildman–Crippen MR) is 53.7 cm³/mol. The zero-order valence-corrected chi connectivity index (χ0v) is 9.39. The van der Waals surface area contributed by atoms with Crippen molar-refractivity contribution >= 4 is 21.7 Å². The molecule has 0 saturated carbocycles. The molecule has 0 atom stereocenters. The first kappa shape index (κ1) is 12.7. The minimum absolute atomic E-state index is 0.0847. The number of rotatable bonds is 2. The van der Waals surface area contributed by atoms with Gasteiger partial charge in [0.25, 0.3) is 0 Å². The number of hydrogen-bond donors (Lipinski definition) is 0. The molecule has 0 amide bonds. The van der Waals surface area contributed by atoms with Crippen LogP contribution in [0.3, 0.4) is 0 Å². The molecule has 0 aromatic heterocycles. The van der Waals surface area contributed by atoms with E-state index in [4.69, 9.17) is 5.26 Å². The summed E-state index contributed by atoms with van der Waals surface area (Å²) in [6.07, 6.45) is -4.81. The van der Waals surface area contributed by atoms with E-state index in [1.807, 2.05) is 0 Å². The Kier molecular flexibility index (Phi) is 3.70. The van der Waals surface area contributed by atoms with E-state index in [1.54, 1.807) is 6.07 Å². The van der Waals surface area contributed by atoms with E-state index in [1.165, 1.54) is 0 Å². The Labute approximate surface area is 97.8 Å². The highest BCUT2D eigenvalue weighted by Gasteiger charge is 2.33. The molecule has 0 bridgehead atoms. The van der Waals surface area contributed by atoms with Gasteiger partial charge in [-0.2, -0.15) is 18.4 Å². The van der Waals surface area contributed by atoms with Crippen LogP contribution in [0.15, 0.2) is 22.7 Å². The van der Waals surface area contributed by atoms with Crippen molar-refractivity contribution in [2.75, 3.05) is 0 Å². The fourth-order valence-electron chi connectivity index (χ4n) is 1.09. The highest BCUT2D eigenvalue weighted by atomic mass is 79.9. The summed E-state index contributed by atoms with van der Waals surface area (Å²) in [4.78, 5) is 11.2. The largest absolute Gasteiger partial charge is 0.417 e. The first-order valence-electron chi connectivity index (χ1n) is 4.13. The van der Waals surface area contributed by atoms with Gasteiger partial charge in [-0.05, 0) is 12.1 Å². The molecule has 0 aliphatic carbocycles. The van der Waals surface area contributed by atoms with E-state index in [9.17, 15) is 18.0 Å². The fourth-order valence-corrected chi connectivity index (χ4v) is 1.70. The number of carbonyl (C=O) groups excluding carboxylic acids is 1. The Balaban J connectivity index is 3.10. The van der Waals surface area contributed by atoms with E-state index in [0.29, 0.717) is 0 Å². The molecule has 0 heterocycles. The first-order valence-corrected chi connectivity index (χ1v) is 4.92. The van der Waals surface area contributed by atoms with Crippen LogP contribution in [-0.2, 0) is 6.18 Å². The number of Topliss-reactive ketones (excluding diaryl/α,β-unsaturated/α-hetero) is 1. The monoisotopic (exact) mass is 291 g/mol. The number of hydrogen-bond acceptors (Lipinski definition) is 2. The zero-order chi connectivity index (χ0) is 12.3. The van der Waals surface area contributed by atoms with Crippen LogP contribution in [0.5, 0.6) is 0 Å². The molecule has 1 aromatic rings. The molecule has 0 aliphatic heterocycles. The van der Waals surface area contributed by atoms with Gasteiger partial charge in [0.15, 0.2) is 5.78 Å². The smallest absolute Gasteiger partial charge is 0.293 e. The third-order valence-corrected chi connectivity index (χ3v) is 2.49. The minimum Gasteiger partial charge on any atom is -0.293 e. The number of ketones is 1. The second-order valence-corrected chi connectivity index (χ2v) is 3.80. The number of benzene rings is 1. The van der Waals surface area contributed by atoms with Gasteiger partial charge in [0, 0.05) is 10.0 Å². The van der Waals surface area contributed by atoms with Crippen LogP contribution in [0.1, 0.15) is 22.3 Å². The third-order valence-electron chi connectivity index (χ3n) is 1.84. The molecule has 2 nitrogen and oxygen atoms in total. The second kappa shape index (κ2) is 4.66. The van der Waals surface area contributed by atoms with Gasteiger partial charge in [0.1, 0.15) is 0 Å². The number of alkyl halides is 3. The van der Waals surface area contributed by atoms with Crippen LogP contribution in [0.2, 0.25) is 0 Å². The topological polar surface area (TPSA) is 40.9 Å². The van der Waals surface area contributed by atoms with Crippen molar-refractivity contribution in [1.82, 2.24) is 0 Å². The summed E-state index contributed by atoms with van der Waals surface area (Å²) in [6.45, 7) is 0. The third kappa shape index (κ3) is 2.83. The van der Waals surface area contributed by atoms with Crippen molar-refractivity contribution in [1.29, 1.82) is 5.26 Å². The van der Waals surface area contributed by atoms with E-state index in [2.05, 4.69) is 15.9 Å². The van der Waals surface area contributed by atoms with Gasteiger partial charge < -0.3 is 0 Å². The lowest BCUT2D eigenvalue weighted by Crippen LogP contribution is -2.07. The van der Waals surface area contributed by atoms with Gasteiger partial charge in [-0.1, -0.05) is 22.0 Å². The van der Waals surface area contributed by atoms with Crippen LogP contribution in [0.4, 0.5) is 13.2 Å². The van der Waals surface area contributed by atoms with Crippen molar-refractivity contribution in [3.8, 4) is 6.07 Å². The maximum absolute atomic E-state index is 12.4. The minimum atomic E-state index is -4.46. The van der Waals surface area contributed by atoms with Gasteiger partial charge in [-0.25, -0.2) is 0 Å². The average Bonchev–Trinajstić information content (AvgIpc) is 2.16. The Morgan fingerprint density at radius 3 is 2.50 bits per heavy atom. The lowest BCUT2D eigenvalue weighted by atomic mass is 10.1. The van der Waals surface area contributed by atoms with Crippen molar-refractivity contribution < 1.29 is 18.0 Å². The van der Waals surface area contributed by atoms with Crippen LogP contribution < -0.4 is 0 Å². The van der Waals surface area contributed by atoms with Crippen molar-refractivity contribution in [2.24, 2.45) is 0 Å². The molecule has 0 fully saturated rings. The normalized spacial score (nSPS) is 10.9. The van der Waals surface area contributed by atoms with Crippen LogP contribution >= 0.6 is 15.9 Å². The Morgan fingerprint density at radius 1 is 1.44 bits per heavy atom. The molecule has 84 valence electrons. The maximum Gasteiger partial charge on any atom is 0.417 e. The van der Waals surface area contributed by atoms with Crippen molar-refractivity contribution in [3.05, 3.63) is 33.8 Å². The molecule has 1 aromatic carbocycles. The molecule has 6 heteroatoms. The van der Waals surface area contributed by atoms with Gasteiger partial charge in [0.05, 0.1) is 18.1 Å². The van der Waals surface area contributed by atoms with E-state index < -0.39 is 17.5 Å². The lowest BCUT2D eigenvalue weighted by molar-refractivity contribution is -0.138. The van der Waals surface area contributed by atoms with Crippen molar-refractivity contribution in [2.45, 2.75) is 12.6 Å². The van der Waals surface area contributed by atoms with E-state index in [-0.39, 0.29) is 16.5 Å². The molecule has 0 unspecified atom stereocenters. The zero-order valence-electron chi connectivity index (χ0n) is 7.81. The summed E-state index contributed by atoms with van der Waals surface area (Å²) in [5.41, 5.74) is -0.762. The first-order chi connectivity index (χ1) is 7.36. The van der Waals surface area contributed by atoms with Gasteiger partial charge in [-0.15, -0.1) is 0 Å². The molecule has 0 aliphatic rings. The molecular formula is C10H5BrF3NO.